The molecule has 5 heteroatoms. The molecule has 2 aliphatic rings. The summed E-state index contributed by atoms with van der Waals surface area (Å²) in [6, 6.07) is 8.14. The second kappa shape index (κ2) is 9.07. The number of hydrogen-bond acceptors (Lipinski definition) is 2. The molecular formula is C19H28Cl2N2O. The highest BCUT2D eigenvalue weighted by Gasteiger charge is 2.38. The van der Waals surface area contributed by atoms with Crippen molar-refractivity contribution in [2.45, 2.75) is 50.4 Å². The lowest BCUT2D eigenvalue weighted by atomic mass is 9.64. The van der Waals surface area contributed by atoms with E-state index in [9.17, 15) is 4.79 Å². The molecule has 0 unspecified atom stereocenters. The van der Waals surface area contributed by atoms with Gasteiger partial charge in [-0.25, -0.2) is 0 Å². The predicted octanol–water partition coefficient (Wildman–Crippen LogP) is 4.08. The quantitative estimate of drug-likeness (QED) is 0.791. The third kappa shape index (κ3) is 4.87. The van der Waals surface area contributed by atoms with Crippen LogP contribution in [0.2, 0.25) is 5.02 Å². The SMILES string of the molecule is Cl.O=C(CCC1CCNCC1)NCC1(c2ccc(Cl)cc2)CCC1. The fraction of sp³-hybridized carbons (Fsp3) is 0.632. The molecule has 3 nitrogen and oxygen atoms in total. The van der Waals surface area contributed by atoms with Crippen LogP contribution in [0.3, 0.4) is 0 Å². The highest BCUT2D eigenvalue weighted by Crippen LogP contribution is 2.43. The third-order valence-corrected chi connectivity index (χ3v) is 5.88. The lowest BCUT2D eigenvalue weighted by Crippen LogP contribution is -2.45. The molecule has 0 spiro atoms. The fourth-order valence-corrected chi connectivity index (χ4v) is 3.96. The van der Waals surface area contributed by atoms with E-state index in [1.165, 1.54) is 24.8 Å². The van der Waals surface area contributed by atoms with Gasteiger partial charge in [0.15, 0.2) is 0 Å². The number of hydrogen-bond donors (Lipinski definition) is 2. The van der Waals surface area contributed by atoms with Crippen LogP contribution in [0.25, 0.3) is 0 Å². The van der Waals surface area contributed by atoms with Crippen LogP contribution < -0.4 is 10.6 Å². The van der Waals surface area contributed by atoms with E-state index < -0.39 is 0 Å². The molecule has 1 saturated carbocycles. The molecule has 2 fully saturated rings. The molecular weight excluding hydrogens is 343 g/mol. The molecule has 24 heavy (non-hydrogen) atoms. The van der Waals surface area contributed by atoms with Crippen molar-refractivity contribution in [2.24, 2.45) is 5.92 Å². The molecule has 3 rings (SSSR count). The first kappa shape index (κ1) is 19.6. The first-order valence-electron chi connectivity index (χ1n) is 8.91. The molecule has 1 aliphatic carbocycles. The minimum absolute atomic E-state index is 0. The van der Waals surface area contributed by atoms with E-state index in [1.807, 2.05) is 12.1 Å². The number of benzene rings is 1. The summed E-state index contributed by atoms with van der Waals surface area (Å²) in [5.74, 6) is 0.930. The molecule has 134 valence electrons. The zero-order valence-electron chi connectivity index (χ0n) is 14.2. The fourth-order valence-electron chi connectivity index (χ4n) is 3.84. The molecule has 1 amide bonds. The minimum Gasteiger partial charge on any atom is -0.355 e. The van der Waals surface area contributed by atoms with Crippen molar-refractivity contribution in [1.29, 1.82) is 0 Å². The van der Waals surface area contributed by atoms with Crippen LogP contribution in [0.1, 0.15) is 50.5 Å². The topological polar surface area (TPSA) is 41.1 Å². The van der Waals surface area contributed by atoms with E-state index in [-0.39, 0.29) is 23.7 Å². The van der Waals surface area contributed by atoms with Gasteiger partial charge < -0.3 is 10.6 Å². The molecule has 1 aromatic carbocycles. The van der Waals surface area contributed by atoms with Gasteiger partial charge in [0.25, 0.3) is 0 Å². The van der Waals surface area contributed by atoms with Crippen molar-refractivity contribution >= 4 is 29.9 Å². The lowest BCUT2D eigenvalue weighted by Gasteiger charge is -2.42. The average molecular weight is 371 g/mol. The number of rotatable bonds is 6. The molecule has 2 N–H and O–H groups in total. The van der Waals surface area contributed by atoms with E-state index in [4.69, 9.17) is 11.6 Å². The number of carbonyl (C=O) groups is 1. The highest BCUT2D eigenvalue weighted by molar-refractivity contribution is 6.30. The van der Waals surface area contributed by atoms with Crippen LogP contribution in [0.5, 0.6) is 0 Å². The van der Waals surface area contributed by atoms with Gasteiger partial charge in [-0.1, -0.05) is 30.2 Å². The maximum Gasteiger partial charge on any atom is 0.220 e. The van der Waals surface area contributed by atoms with Gasteiger partial charge in [0.05, 0.1) is 0 Å². The summed E-state index contributed by atoms with van der Waals surface area (Å²) in [5.41, 5.74) is 1.45. The second-order valence-electron chi connectivity index (χ2n) is 7.15. The zero-order chi connectivity index (χ0) is 16.1. The van der Waals surface area contributed by atoms with Crippen molar-refractivity contribution in [2.75, 3.05) is 19.6 Å². The van der Waals surface area contributed by atoms with E-state index in [1.54, 1.807) is 0 Å². The maximum absolute atomic E-state index is 12.2. The van der Waals surface area contributed by atoms with E-state index in [0.717, 1.165) is 49.8 Å². The molecule has 0 bridgehead atoms. The van der Waals surface area contributed by atoms with Crippen molar-refractivity contribution in [3.63, 3.8) is 0 Å². The van der Waals surface area contributed by atoms with Gasteiger partial charge in [0, 0.05) is 23.4 Å². The number of piperidine rings is 1. The van der Waals surface area contributed by atoms with Crippen LogP contribution in [0, 0.1) is 5.92 Å². The van der Waals surface area contributed by atoms with E-state index >= 15 is 0 Å². The summed E-state index contributed by atoms with van der Waals surface area (Å²) < 4.78 is 0. The Labute approximate surface area is 156 Å². The van der Waals surface area contributed by atoms with E-state index in [0.29, 0.717) is 6.42 Å². The van der Waals surface area contributed by atoms with Gasteiger partial charge in [-0.2, -0.15) is 0 Å². The zero-order valence-corrected chi connectivity index (χ0v) is 15.7. The van der Waals surface area contributed by atoms with Crippen LogP contribution in [0.4, 0.5) is 0 Å². The number of halogens is 2. The summed E-state index contributed by atoms with van der Waals surface area (Å²) in [6.45, 7) is 2.97. The summed E-state index contributed by atoms with van der Waals surface area (Å²) >= 11 is 5.99. The second-order valence-corrected chi connectivity index (χ2v) is 7.59. The third-order valence-electron chi connectivity index (χ3n) is 5.63. The van der Waals surface area contributed by atoms with Crippen molar-refractivity contribution in [3.8, 4) is 0 Å². The molecule has 1 aliphatic heterocycles. The maximum atomic E-state index is 12.2. The standard InChI is InChI=1S/C19H27ClN2O.ClH/c20-17-5-3-16(4-6-17)19(10-1-11-19)14-22-18(23)7-2-15-8-12-21-13-9-15;/h3-6,15,21H,1-2,7-14H2,(H,22,23);1H. The predicted molar refractivity (Wildman–Crippen MR) is 102 cm³/mol. The Morgan fingerprint density at radius 3 is 2.46 bits per heavy atom. The first-order chi connectivity index (χ1) is 11.2. The molecule has 0 aromatic heterocycles. The summed E-state index contributed by atoms with van der Waals surface area (Å²) in [6.07, 6.45) is 7.67. The normalized spacial score (nSPS) is 19.9. The Balaban J connectivity index is 0.00000208. The lowest BCUT2D eigenvalue weighted by molar-refractivity contribution is -0.121. The Morgan fingerprint density at radius 1 is 1.21 bits per heavy atom. The van der Waals surface area contributed by atoms with Crippen molar-refractivity contribution < 1.29 is 4.79 Å². The smallest absolute Gasteiger partial charge is 0.220 e. The van der Waals surface area contributed by atoms with Gasteiger partial charge in [0.1, 0.15) is 0 Å². The Hall–Kier alpha value is -0.770. The van der Waals surface area contributed by atoms with Gasteiger partial charge in [-0.05, 0) is 68.8 Å². The van der Waals surface area contributed by atoms with Crippen LogP contribution in [-0.4, -0.2) is 25.5 Å². The van der Waals surface area contributed by atoms with Gasteiger partial charge >= 0.3 is 0 Å². The average Bonchev–Trinajstić information content (AvgIpc) is 2.54. The summed E-state index contributed by atoms with van der Waals surface area (Å²) in [4.78, 5) is 12.2. The minimum atomic E-state index is 0. The Kier molecular flexibility index (Phi) is 7.39. The van der Waals surface area contributed by atoms with Crippen LogP contribution in [0.15, 0.2) is 24.3 Å². The van der Waals surface area contributed by atoms with E-state index in [2.05, 4.69) is 22.8 Å². The van der Waals surface area contributed by atoms with Crippen molar-refractivity contribution in [1.82, 2.24) is 10.6 Å². The number of carbonyl (C=O) groups excluding carboxylic acids is 1. The molecule has 0 radical (unpaired) electrons. The first-order valence-corrected chi connectivity index (χ1v) is 9.29. The number of nitrogens with one attached hydrogen (secondary N) is 2. The van der Waals surface area contributed by atoms with Crippen molar-refractivity contribution in [3.05, 3.63) is 34.9 Å². The number of amides is 1. The van der Waals surface area contributed by atoms with Crippen LogP contribution in [-0.2, 0) is 10.2 Å². The Morgan fingerprint density at radius 2 is 1.88 bits per heavy atom. The highest BCUT2D eigenvalue weighted by atomic mass is 35.5. The van der Waals surface area contributed by atoms with Gasteiger partial charge in [-0.15, -0.1) is 12.4 Å². The molecule has 0 atom stereocenters. The molecule has 1 aromatic rings. The molecule has 1 heterocycles. The monoisotopic (exact) mass is 370 g/mol. The van der Waals surface area contributed by atoms with Crippen LogP contribution >= 0.6 is 24.0 Å². The molecule has 1 saturated heterocycles. The Bertz CT molecular complexity index is 523. The summed E-state index contributed by atoms with van der Waals surface area (Å²) in [7, 11) is 0. The van der Waals surface area contributed by atoms with Gasteiger partial charge in [-0.3, -0.25) is 4.79 Å². The van der Waals surface area contributed by atoms with Gasteiger partial charge in [0.2, 0.25) is 5.91 Å². The summed E-state index contributed by atoms with van der Waals surface area (Å²) in [5, 5.41) is 7.34. The largest absolute Gasteiger partial charge is 0.355 e.